The van der Waals surface area contributed by atoms with Crippen LogP contribution in [-0.2, 0) is 9.53 Å². The highest BCUT2D eigenvalue weighted by molar-refractivity contribution is 5.96. The summed E-state index contributed by atoms with van der Waals surface area (Å²) in [5, 5.41) is 15.5. The van der Waals surface area contributed by atoms with Gasteiger partial charge in [-0.25, -0.2) is 0 Å². The number of benzene rings is 2. The van der Waals surface area contributed by atoms with Gasteiger partial charge >= 0.3 is 0 Å². The van der Waals surface area contributed by atoms with E-state index in [1.807, 2.05) is 0 Å². The van der Waals surface area contributed by atoms with E-state index in [0.29, 0.717) is 17.2 Å². The van der Waals surface area contributed by atoms with Crippen molar-refractivity contribution in [2.24, 2.45) is 5.10 Å². The number of para-hydroxylation sites is 1. The average molecular weight is 312 g/mol. The highest BCUT2D eigenvalue weighted by Gasteiger charge is 2.34. The summed E-state index contributed by atoms with van der Waals surface area (Å²) in [7, 11) is 1.59. The zero-order chi connectivity index (χ0) is 16.4. The highest BCUT2D eigenvalue weighted by Crippen LogP contribution is 2.34. The van der Waals surface area contributed by atoms with E-state index >= 15 is 0 Å². The number of carbonyl (C=O) groups excluding carboxylic acids is 1. The van der Waals surface area contributed by atoms with Crippen LogP contribution in [0.4, 0.5) is 0 Å². The summed E-state index contributed by atoms with van der Waals surface area (Å²) in [4.78, 5) is 11.9. The molecule has 1 unspecified atom stereocenters. The fraction of sp³-hybridized carbons (Fsp3) is 0.176. The first-order valence-corrected chi connectivity index (χ1v) is 7.07. The summed E-state index contributed by atoms with van der Waals surface area (Å²) in [5.74, 6) is 0.806. The molecule has 0 bridgehead atoms. The van der Waals surface area contributed by atoms with Crippen molar-refractivity contribution in [3.05, 3.63) is 59.7 Å². The first-order valence-electron chi connectivity index (χ1n) is 7.07. The Labute approximate surface area is 133 Å². The van der Waals surface area contributed by atoms with Gasteiger partial charge in [0.2, 0.25) is 18.0 Å². The molecule has 1 heterocycles. The average Bonchev–Trinajstić information content (AvgIpc) is 3.01. The molecule has 2 aromatic carbocycles. The van der Waals surface area contributed by atoms with Crippen molar-refractivity contribution in [2.75, 3.05) is 7.11 Å². The molecule has 0 spiro atoms. The Balaban J connectivity index is 1.93. The number of nitrogens with zero attached hydrogens (tertiary/aromatic N) is 2. The van der Waals surface area contributed by atoms with Crippen molar-refractivity contribution in [1.29, 1.82) is 0 Å². The number of hydrazone groups is 1. The van der Waals surface area contributed by atoms with Crippen LogP contribution in [0.15, 0.2) is 53.6 Å². The van der Waals surface area contributed by atoms with Crippen LogP contribution in [0.1, 0.15) is 24.3 Å². The van der Waals surface area contributed by atoms with Crippen LogP contribution in [-0.4, -0.2) is 29.0 Å². The van der Waals surface area contributed by atoms with Gasteiger partial charge in [0.25, 0.3) is 0 Å². The number of ether oxygens (including phenoxy) is 2. The standard InChI is InChI=1S/C17H16N2O4/c1-11(20)19-17(14-5-3-4-6-15(14)21)23-16(18-19)12-7-9-13(22-2)10-8-12/h3-10,17,21H,1-2H3. The van der Waals surface area contributed by atoms with Gasteiger partial charge in [-0.05, 0) is 36.4 Å². The normalized spacial score (nSPS) is 16.7. The predicted octanol–water partition coefficient (Wildman–Crippen LogP) is 2.64. The molecular formula is C17H16N2O4. The van der Waals surface area contributed by atoms with E-state index in [0.717, 1.165) is 5.56 Å². The highest BCUT2D eigenvalue weighted by atomic mass is 16.5. The molecule has 1 atom stereocenters. The van der Waals surface area contributed by atoms with E-state index in [2.05, 4.69) is 5.10 Å². The molecule has 6 heteroatoms. The minimum absolute atomic E-state index is 0.0509. The van der Waals surface area contributed by atoms with Crippen LogP contribution in [0, 0.1) is 0 Å². The molecule has 0 fully saturated rings. The molecule has 118 valence electrons. The quantitative estimate of drug-likeness (QED) is 0.946. The van der Waals surface area contributed by atoms with Crippen molar-refractivity contribution < 1.29 is 19.4 Å². The molecule has 0 saturated heterocycles. The molecular weight excluding hydrogens is 296 g/mol. The Kier molecular flexibility index (Phi) is 3.89. The number of amides is 1. The summed E-state index contributed by atoms with van der Waals surface area (Å²) < 4.78 is 10.9. The van der Waals surface area contributed by atoms with E-state index in [4.69, 9.17) is 9.47 Å². The number of methoxy groups -OCH3 is 1. The van der Waals surface area contributed by atoms with E-state index in [9.17, 15) is 9.90 Å². The molecule has 1 N–H and O–H groups in total. The number of aromatic hydroxyl groups is 1. The van der Waals surface area contributed by atoms with Crippen LogP contribution in [0.25, 0.3) is 0 Å². The van der Waals surface area contributed by atoms with Gasteiger partial charge in [-0.1, -0.05) is 12.1 Å². The third kappa shape index (κ3) is 2.83. The van der Waals surface area contributed by atoms with Crippen molar-refractivity contribution in [2.45, 2.75) is 13.2 Å². The van der Waals surface area contributed by atoms with E-state index in [1.54, 1.807) is 55.6 Å². The molecule has 0 saturated carbocycles. The van der Waals surface area contributed by atoms with Crippen LogP contribution in [0.5, 0.6) is 11.5 Å². The Morgan fingerprint density at radius 1 is 1.22 bits per heavy atom. The Morgan fingerprint density at radius 2 is 1.91 bits per heavy atom. The molecule has 3 rings (SSSR count). The smallest absolute Gasteiger partial charge is 0.243 e. The number of phenolic OH excluding ortho intramolecular Hbond substituents is 1. The van der Waals surface area contributed by atoms with Crippen LogP contribution >= 0.6 is 0 Å². The van der Waals surface area contributed by atoms with E-state index in [-0.39, 0.29) is 11.7 Å². The van der Waals surface area contributed by atoms with Gasteiger partial charge < -0.3 is 14.6 Å². The van der Waals surface area contributed by atoms with Crippen molar-refractivity contribution in [3.63, 3.8) is 0 Å². The van der Waals surface area contributed by atoms with Crippen LogP contribution < -0.4 is 4.74 Å². The minimum Gasteiger partial charge on any atom is -0.507 e. The monoisotopic (exact) mass is 312 g/mol. The Morgan fingerprint density at radius 3 is 2.52 bits per heavy atom. The second-order valence-electron chi connectivity index (χ2n) is 5.03. The first kappa shape index (κ1) is 14.9. The maximum absolute atomic E-state index is 11.9. The third-order valence-electron chi connectivity index (χ3n) is 3.51. The zero-order valence-electron chi connectivity index (χ0n) is 12.8. The zero-order valence-corrected chi connectivity index (χ0v) is 12.8. The van der Waals surface area contributed by atoms with Crippen molar-refractivity contribution >= 4 is 11.8 Å². The summed E-state index contributed by atoms with van der Waals surface area (Å²) in [5.41, 5.74) is 1.20. The van der Waals surface area contributed by atoms with Gasteiger partial charge in [-0.15, -0.1) is 5.10 Å². The van der Waals surface area contributed by atoms with Gasteiger partial charge in [-0.3, -0.25) is 4.79 Å². The van der Waals surface area contributed by atoms with Crippen LogP contribution in [0.2, 0.25) is 0 Å². The minimum atomic E-state index is -0.786. The number of carbonyl (C=O) groups is 1. The lowest BCUT2D eigenvalue weighted by Crippen LogP contribution is -2.25. The summed E-state index contributed by atoms with van der Waals surface area (Å²) in [6.07, 6.45) is -0.786. The number of hydrogen-bond donors (Lipinski definition) is 1. The molecule has 0 radical (unpaired) electrons. The molecule has 6 nitrogen and oxygen atoms in total. The lowest BCUT2D eigenvalue weighted by molar-refractivity contribution is -0.135. The molecule has 1 amide bonds. The molecule has 0 aromatic heterocycles. The lowest BCUT2D eigenvalue weighted by Gasteiger charge is -2.19. The van der Waals surface area contributed by atoms with Crippen molar-refractivity contribution in [1.82, 2.24) is 5.01 Å². The number of rotatable bonds is 3. The maximum atomic E-state index is 11.9. The summed E-state index contributed by atoms with van der Waals surface area (Å²) >= 11 is 0. The SMILES string of the molecule is COc1ccc(C2=NN(C(C)=O)C(c3ccccc3O)O2)cc1. The van der Waals surface area contributed by atoms with Gasteiger partial charge in [0.15, 0.2) is 0 Å². The largest absolute Gasteiger partial charge is 0.507 e. The lowest BCUT2D eigenvalue weighted by atomic mass is 10.1. The fourth-order valence-electron chi connectivity index (χ4n) is 2.32. The van der Waals surface area contributed by atoms with Crippen LogP contribution in [0.3, 0.4) is 0 Å². The molecule has 2 aromatic rings. The van der Waals surface area contributed by atoms with E-state index < -0.39 is 6.23 Å². The maximum Gasteiger partial charge on any atom is 0.243 e. The topological polar surface area (TPSA) is 71.4 Å². The molecule has 1 aliphatic rings. The predicted molar refractivity (Wildman–Crippen MR) is 84.0 cm³/mol. The fourth-order valence-corrected chi connectivity index (χ4v) is 2.32. The first-order chi connectivity index (χ1) is 11.1. The summed E-state index contributed by atoms with van der Waals surface area (Å²) in [6, 6.07) is 13.9. The number of hydrogen-bond acceptors (Lipinski definition) is 5. The van der Waals surface area contributed by atoms with E-state index in [1.165, 1.54) is 11.9 Å². The third-order valence-corrected chi connectivity index (χ3v) is 3.51. The second-order valence-corrected chi connectivity index (χ2v) is 5.03. The second kappa shape index (κ2) is 6.00. The van der Waals surface area contributed by atoms with Gasteiger partial charge in [0, 0.05) is 12.5 Å². The Bertz CT molecular complexity index is 755. The van der Waals surface area contributed by atoms with Crippen molar-refractivity contribution in [3.8, 4) is 11.5 Å². The Hall–Kier alpha value is -3.02. The van der Waals surface area contributed by atoms with Gasteiger partial charge in [0.05, 0.1) is 12.7 Å². The van der Waals surface area contributed by atoms with Gasteiger partial charge in [-0.2, -0.15) is 5.01 Å². The van der Waals surface area contributed by atoms with Gasteiger partial charge in [0.1, 0.15) is 11.5 Å². The molecule has 0 aliphatic carbocycles. The molecule has 23 heavy (non-hydrogen) atoms. The number of phenols is 1. The summed E-state index contributed by atoms with van der Waals surface area (Å²) in [6.45, 7) is 1.40. The molecule has 1 aliphatic heterocycles.